The number of nitrogens with one attached hydrogen (secondary N) is 2. The van der Waals surface area contributed by atoms with Crippen LogP contribution in [0.5, 0.6) is 0 Å². The van der Waals surface area contributed by atoms with Crippen LogP contribution in [0, 0.1) is 0 Å². The second kappa shape index (κ2) is 14.3. The van der Waals surface area contributed by atoms with Gasteiger partial charge in [-0.1, -0.05) is 131 Å². The molecular weight excluding hydrogens is 870 g/mol. The first-order chi connectivity index (χ1) is 31.4. The van der Waals surface area contributed by atoms with E-state index in [0.717, 1.165) is 75.6 Å². The van der Waals surface area contributed by atoms with Crippen LogP contribution in [0.2, 0.25) is 20.1 Å². The molecule has 0 unspecified atom stereocenters. The number of benzene rings is 10. The third-order valence-electron chi connectivity index (χ3n) is 12.8. The number of aromatic amines is 2. The van der Waals surface area contributed by atoms with Gasteiger partial charge >= 0.3 is 0 Å². The molecule has 0 fully saturated rings. The zero-order chi connectivity index (χ0) is 42.8. The molecule has 0 aliphatic rings. The Morgan fingerprint density at radius 2 is 0.609 bits per heavy atom. The van der Waals surface area contributed by atoms with E-state index < -0.39 is 0 Å². The van der Waals surface area contributed by atoms with Crippen molar-refractivity contribution in [2.75, 3.05) is 0 Å². The molecule has 0 spiro atoms. The highest BCUT2D eigenvalue weighted by Gasteiger charge is 2.20. The fourth-order valence-electron chi connectivity index (χ4n) is 10.3. The Labute approximate surface area is 385 Å². The van der Waals surface area contributed by atoms with E-state index in [9.17, 15) is 0 Å². The third kappa shape index (κ3) is 5.63. The van der Waals surface area contributed by atoms with Gasteiger partial charge in [-0.25, -0.2) is 0 Å². The molecule has 0 aliphatic heterocycles. The van der Waals surface area contributed by atoms with Gasteiger partial charge in [-0.3, -0.25) is 0 Å². The minimum atomic E-state index is 0.729. The Morgan fingerprint density at radius 1 is 0.266 bits per heavy atom. The maximum absolute atomic E-state index is 6.51. The van der Waals surface area contributed by atoms with E-state index in [1.165, 1.54) is 64.6 Å². The molecule has 0 saturated carbocycles. The van der Waals surface area contributed by atoms with Gasteiger partial charge in [-0.15, -0.1) is 0 Å². The predicted octanol–water partition coefficient (Wildman–Crippen LogP) is 17.8. The Morgan fingerprint density at radius 3 is 1.03 bits per heavy atom. The molecule has 0 saturated heterocycles. The Bertz CT molecular complexity index is 3960. The van der Waals surface area contributed by atoms with Crippen molar-refractivity contribution in [3.8, 4) is 11.4 Å². The number of rotatable bonds is 2. The zero-order valence-electron chi connectivity index (χ0n) is 33.7. The summed E-state index contributed by atoms with van der Waals surface area (Å²) in [5.41, 5.74) is 11.1. The molecule has 4 aromatic heterocycles. The lowest BCUT2D eigenvalue weighted by molar-refractivity contribution is 1.18. The number of halogens is 4. The van der Waals surface area contributed by atoms with Gasteiger partial charge in [-0.05, 0) is 119 Å². The lowest BCUT2D eigenvalue weighted by atomic mass is 9.99. The summed E-state index contributed by atoms with van der Waals surface area (Å²) in [7, 11) is 0. The number of hydrogen-bond acceptors (Lipinski definition) is 0. The van der Waals surface area contributed by atoms with Crippen molar-refractivity contribution in [1.29, 1.82) is 0 Å². The lowest BCUT2D eigenvalue weighted by Gasteiger charge is -2.09. The number of H-pyrrole nitrogens is 2. The first-order valence-electron chi connectivity index (χ1n) is 21.0. The molecule has 10 aromatic carbocycles. The normalized spacial score (nSPS) is 12.1. The minimum absolute atomic E-state index is 0.729. The molecule has 0 amide bonds. The highest BCUT2D eigenvalue weighted by Crippen LogP contribution is 2.44. The van der Waals surface area contributed by atoms with Gasteiger partial charge in [0.15, 0.2) is 0 Å². The zero-order valence-corrected chi connectivity index (χ0v) is 36.8. The second-order valence-corrected chi connectivity index (χ2v) is 18.1. The van der Waals surface area contributed by atoms with E-state index in [1.54, 1.807) is 0 Å². The maximum atomic E-state index is 6.51. The molecule has 64 heavy (non-hydrogen) atoms. The average Bonchev–Trinajstić information content (AvgIpc) is 4.06. The molecule has 14 aromatic rings. The summed E-state index contributed by atoms with van der Waals surface area (Å²) in [6.45, 7) is 0. The summed E-state index contributed by atoms with van der Waals surface area (Å²) in [5, 5.41) is 17.5. The van der Waals surface area contributed by atoms with Crippen molar-refractivity contribution in [2.24, 2.45) is 0 Å². The molecule has 4 nitrogen and oxygen atoms in total. The third-order valence-corrected chi connectivity index (χ3v) is 13.8. The molecular formula is C56H32Cl4N4. The fraction of sp³-hybridized carbons (Fsp3) is 0. The fourth-order valence-corrected chi connectivity index (χ4v) is 10.9. The van der Waals surface area contributed by atoms with E-state index in [2.05, 4.69) is 153 Å². The van der Waals surface area contributed by atoms with Crippen molar-refractivity contribution in [2.45, 2.75) is 0 Å². The minimum Gasteiger partial charge on any atom is -0.354 e. The Hall–Kier alpha value is -6.92. The van der Waals surface area contributed by atoms with Gasteiger partial charge in [0.05, 0.1) is 22.1 Å². The van der Waals surface area contributed by atoms with Crippen molar-refractivity contribution in [3.63, 3.8) is 0 Å². The quantitative estimate of drug-likeness (QED) is 0.174. The molecule has 8 heteroatoms. The van der Waals surface area contributed by atoms with Gasteiger partial charge in [-0.2, -0.15) is 0 Å². The smallest absolute Gasteiger partial charge is 0.0556 e. The maximum Gasteiger partial charge on any atom is 0.0556 e. The molecule has 2 N–H and O–H groups in total. The molecule has 0 radical (unpaired) electrons. The number of para-hydroxylation sites is 2. The highest BCUT2D eigenvalue weighted by molar-refractivity contribution is 6.36. The van der Waals surface area contributed by atoms with Gasteiger partial charge in [0.1, 0.15) is 0 Å². The highest BCUT2D eigenvalue weighted by atomic mass is 35.5. The van der Waals surface area contributed by atoms with Crippen LogP contribution >= 0.6 is 46.4 Å². The van der Waals surface area contributed by atoms with E-state index in [0.29, 0.717) is 0 Å². The van der Waals surface area contributed by atoms with E-state index in [1.807, 2.05) is 48.5 Å². The topological polar surface area (TPSA) is 41.4 Å². The van der Waals surface area contributed by atoms with Crippen molar-refractivity contribution in [1.82, 2.24) is 19.1 Å². The van der Waals surface area contributed by atoms with E-state index >= 15 is 0 Å². The largest absolute Gasteiger partial charge is 0.354 e. The molecule has 0 aliphatic carbocycles. The summed E-state index contributed by atoms with van der Waals surface area (Å²) in [6, 6.07) is 63.1. The molecule has 0 atom stereocenters. The van der Waals surface area contributed by atoms with Crippen LogP contribution in [0.3, 0.4) is 0 Å². The van der Waals surface area contributed by atoms with Crippen LogP contribution < -0.4 is 0 Å². The first kappa shape index (κ1) is 37.6. The van der Waals surface area contributed by atoms with Gasteiger partial charge in [0.2, 0.25) is 0 Å². The van der Waals surface area contributed by atoms with Crippen LogP contribution in [0.25, 0.3) is 120 Å². The second-order valence-electron chi connectivity index (χ2n) is 16.4. The monoisotopic (exact) mass is 900 g/mol. The number of nitrogens with zero attached hydrogens (tertiary/aromatic N) is 2. The molecule has 304 valence electrons. The Kier molecular flexibility index (Phi) is 8.40. The Balaban J connectivity index is 0.000000138. The summed E-state index contributed by atoms with van der Waals surface area (Å²) >= 11 is 25.4. The summed E-state index contributed by atoms with van der Waals surface area (Å²) in [4.78, 5) is 6.98. The van der Waals surface area contributed by atoms with E-state index in [4.69, 9.17) is 46.4 Å². The summed E-state index contributed by atoms with van der Waals surface area (Å²) < 4.78 is 4.63. The number of fused-ring (bicyclic) bond motifs is 18. The standard InChI is InChI=1S/C34H20Cl2N2.C22H12Cl2N2/c35-21-11-13-27-31(19-21)37(23-7-3-1-4-8-23)29-17-15-26-25(33(27)29)16-18-30-34(26)28-14-12-22(36)20-32(28)38(30)24-9-5-2-6-10-24;23-11-1-3-15-19(9-11)25-17-7-6-14-13(21(15)17)5-8-18-22(14)16-4-2-12(24)10-20(16)26-18/h1-20H;1-10,25-26H. The predicted molar refractivity (Wildman–Crippen MR) is 275 cm³/mol. The molecule has 14 rings (SSSR count). The summed E-state index contributed by atoms with van der Waals surface area (Å²) in [6.07, 6.45) is 0. The van der Waals surface area contributed by atoms with Crippen LogP contribution in [-0.4, -0.2) is 19.1 Å². The number of aromatic nitrogens is 4. The van der Waals surface area contributed by atoms with Crippen LogP contribution in [-0.2, 0) is 0 Å². The van der Waals surface area contributed by atoms with Crippen molar-refractivity contribution < 1.29 is 0 Å². The van der Waals surface area contributed by atoms with Crippen molar-refractivity contribution in [3.05, 3.63) is 202 Å². The molecule has 0 bridgehead atoms. The SMILES string of the molecule is Clc1ccc2c(c1)[nH]c1ccc3c(ccc4[nH]c5cc(Cl)ccc5c43)c12.Clc1ccc2c3c4ccc5c(c4ccc3n(-c3ccccc3)c2c1)c1ccc(Cl)cc1n5-c1ccccc1. The summed E-state index contributed by atoms with van der Waals surface area (Å²) in [5.74, 6) is 0. The molecule has 4 heterocycles. The average molecular weight is 903 g/mol. The van der Waals surface area contributed by atoms with Crippen LogP contribution in [0.15, 0.2) is 182 Å². The van der Waals surface area contributed by atoms with Crippen molar-refractivity contribution >= 4 is 155 Å². The van der Waals surface area contributed by atoms with Crippen LogP contribution in [0.4, 0.5) is 0 Å². The lowest BCUT2D eigenvalue weighted by Crippen LogP contribution is -1.93. The number of hydrogen-bond donors (Lipinski definition) is 2. The van der Waals surface area contributed by atoms with Gasteiger partial charge < -0.3 is 19.1 Å². The van der Waals surface area contributed by atoms with Gasteiger partial charge in [0.25, 0.3) is 0 Å². The first-order valence-corrected chi connectivity index (χ1v) is 22.5. The van der Waals surface area contributed by atoms with E-state index in [-0.39, 0.29) is 0 Å². The van der Waals surface area contributed by atoms with Gasteiger partial charge in [0, 0.05) is 96.6 Å². The van der Waals surface area contributed by atoms with Crippen LogP contribution in [0.1, 0.15) is 0 Å².